The summed E-state index contributed by atoms with van der Waals surface area (Å²) in [4.78, 5) is 31.8. The minimum Gasteiger partial charge on any atom is -0.457 e. The van der Waals surface area contributed by atoms with Gasteiger partial charge in [-0.25, -0.2) is 4.98 Å². The van der Waals surface area contributed by atoms with Crippen LogP contribution in [0.2, 0.25) is 0 Å². The van der Waals surface area contributed by atoms with Gasteiger partial charge >= 0.3 is 5.97 Å². The molecule has 0 radical (unpaired) electrons. The summed E-state index contributed by atoms with van der Waals surface area (Å²) in [5.41, 5.74) is 2.43. The van der Waals surface area contributed by atoms with Crippen LogP contribution in [0.1, 0.15) is 29.3 Å². The molecule has 0 saturated heterocycles. The van der Waals surface area contributed by atoms with E-state index in [0.29, 0.717) is 16.7 Å². The number of carbonyl (C=O) groups is 1. The maximum Gasteiger partial charge on any atom is 0.307 e. The van der Waals surface area contributed by atoms with E-state index >= 15 is 0 Å². The lowest BCUT2D eigenvalue weighted by molar-refractivity contribution is -0.145. The summed E-state index contributed by atoms with van der Waals surface area (Å²) in [6.07, 6.45) is 0.200. The lowest BCUT2D eigenvalue weighted by atomic mass is 9.89. The molecule has 3 aromatic carbocycles. The molecule has 1 heterocycles. The smallest absolute Gasteiger partial charge is 0.307 e. The van der Waals surface area contributed by atoms with Crippen molar-refractivity contribution in [3.8, 4) is 0 Å². The van der Waals surface area contributed by atoms with Crippen molar-refractivity contribution in [1.82, 2.24) is 9.97 Å². The second-order valence-corrected chi connectivity index (χ2v) is 6.77. The van der Waals surface area contributed by atoms with Gasteiger partial charge in [-0.2, -0.15) is 0 Å². The van der Waals surface area contributed by atoms with Gasteiger partial charge in [-0.05, 0) is 23.3 Å². The van der Waals surface area contributed by atoms with Gasteiger partial charge in [0.1, 0.15) is 12.4 Å². The highest BCUT2D eigenvalue weighted by Crippen LogP contribution is 2.28. The number of hydrogen-bond acceptors (Lipinski definition) is 4. The summed E-state index contributed by atoms with van der Waals surface area (Å²) in [5, 5.41) is 0.510. The Bertz CT molecular complexity index is 1130. The van der Waals surface area contributed by atoms with Crippen LogP contribution < -0.4 is 5.56 Å². The molecule has 0 unspecified atom stereocenters. The molecule has 4 aromatic rings. The van der Waals surface area contributed by atoms with E-state index in [-0.39, 0.29) is 30.5 Å². The first-order valence-corrected chi connectivity index (χ1v) is 9.44. The van der Waals surface area contributed by atoms with Crippen molar-refractivity contribution in [1.29, 1.82) is 0 Å². The maximum atomic E-state index is 12.6. The van der Waals surface area contributed by atoms with Gasteiger partial charge in [-0.15, -0.1) is 0 Å². The largest absolute Gasteiger partial charge is 0.457 e. The Morgan fingerprint density at radius 2 is 1.45 bits per heavy atom. The van der Waals surface area contributed by atoms with Crippen molar-refractivity contribution in [2.24, 2.45) is 0 Å². The quantitative estimate of drug-likeness (QED) is 0.506. The highest BCUT2D eigenvalue weighted by molar-refractivity contribution is 5.77. The van der Waals surface area contributed by atoms with E-state index in [9.17, 15) is 9.59 Å². The number of rotatable bonds is 6. The first-order chi connectivity index (χ1) is 14.2. The monoisotopic (exact) mass is 384 g/mol. The predicted octanol–water partition coefficient (Wildman–Crippen LogP) is 4.19. The molecule has 0 atom stereocenters. The predicted molar refractivity (Wildman–Crippen MR) is 112 cm³/mol. The molecule has 5 heteroatoms. The SMILES string of the molecule is O=C(CC(c1ccccc1)c1ccccc1)OCc1nc2ccccc2c(=O)[nH]1. The molecule has 0 bridgehead atoms. The number of nitrogens with one attached hydrogen (secondary N) is 1. The molecule has 0 spiro atoms. The molecule has 0 amide bonds. The van der Waals surface area contributed by atoms with Gasteiger partial charge in [-0.3, -0.25) is 9.59 Å². The zero-order valence-electron chi connectivity index (χ0n) is 15.7. The number of para-hydroxylation sites is 1. The van der Waals surface area contributed by atoms with Crippen LogP contribution in [0.25, 0.3) is 10.9 Å². The molecule has 0 aliphatic carbocycles. The summed E-state index contributed by atoms with van der Waals surface area (Å²) in [5.74, 6) is -0.120. The number of ether oxygens (including phenoxy) is 1. The highest BCUT2D eigenvalue weighted by Gasteiger charge is 2.19. The van der Waals surface area contributed by atoms with E-state index in [2.05, 4.69) is 9.97 Å². The van der Waals surface area contributed by atoms with Crippen LogP contribution >= 0.6 is 0 Å². The summed E-state index contributed by atoms with van der Waals surface area (Å²) in [6.45, 7) is -0.0742. The van der Waals surface area contributed by atoms with Crippen molar-refractivity contribution in [3.05, 3.63) is 112 Å². The number of hydrogen-bond donors (Lipinski definition) is 1. The number of benzene rings is 3. The normalized spacial score (nSPS) is 10.9. The molecule has 0 aliphatic rings. The third-order valence-corrected chi connectivity index (χ3v) is 4.81. The number of esters is 1. The Morgan fingerprint density at radius 1 is 0.862 bits per heavy atom. The fourth-order valence-corrected chi connectivity index (χ4v) is 3.38. The molecule has 1 N–H and O–H groups in total. The van der Waals surface area contributed by atoms with Crippen LogP contribution in [0.3, 0.4) is 0 Å². The van der Waals surface area contributed by atoms with Crippen LogP contribution in [0.4, 0.5) is 0 Å². The Hall–Kier alpha value is -3.73. The van der Waals surface area contributed by atoms with Crippen molar-refractivity contribution in [3.63, 3.8) is 0 Å². The van der Waals surface area contributed by atoms with E-state index < -0.39 is 0 Å². The van der Waals surface area contributed by atoms with Gasteiger partial charge in [0.2, 0.25) is 0 Å². The number of fused-ring (bicyclic) bond motifs is 1. The van der Waals surface area contributed by atoms with E-state index in [4.69, 9.17) is 4.74 Å². The fourth-order valence-electron chi connectivity index (χ4n) is 3.38. The number of H-pyrrole nitrogens is 1. The number of carbonyl (C=O) groups excluding carboxylic acids is 1. The standard InChI is InChI=1S/C24H20N2O3/c27-23(29-16-22-25-21-14-8-7-13-19(21)24(28)26-22)15-20(17-9-3-1-4-10-17)18-11-5-2-6-12-18/h1-14,20H,15-16H2,(H,25,26,28). The van der Waals surface area contributed by atoms with Gasteiger partial charge in [0.05, 0.1) is 17.3 Å². The van der Waals surface area contributed by atoms with E-state index in [1.807, 2.05) is 66.7 Å². The van der Waals surface area contributed by atoms with Crippen LogP contribution in [0.5, 0.6) is 0 Å². The average Bonchev–Trinajstić information content (AvgIpc) is 2.77. The molecule has 4 rings (SSSR count). The van der Waals surface area contributed by atoms with Crippen molar-refractivity contribution >= 4 is 16.9 Å². The third-order valence-electron chi connectivity index (χ3n) is 4.81. The van der Waals surface area contributed by atoms with E-state index in [0.717, 1.165) is 11.1 Å². The summed E-state index contributed by atoms with van der Waals surface area (Å²) in [6, 6.07) is 26.8. The molecule has 29 heavy (non-hydrogen) atoms. The van der Waals surface area contributed by atoms with Gasteiger partial charge in [0, 0.05) is 5.92 Å². The second kappa shape index (κ2) is 8.52. The van der Waals surface area contributed by atoms with Crippen LogP contribution in [-0.4, -0.2) is 15.9 Å². The van der Waals surface area contributed by atoms with Gasteiger partial charge in [0.25, 0.3) is 5.56 Å². The average molecular weight is 384 g/mol. The maximum absolute atomic E-state index is 12.6. The van der Waals surface area contributed by atoms with Crippen molar-refractivity contribution in [2.45, 2.75) is 18.9 Å². The number of nitrogens with zero attached hydrogens (tertiary/aromatic N) is 1. The summed E-state index contributed by atoms with van der Waals surface area (Å²) < 4.78 is 5.43. The Morgan fingerprint density at radius 3 is 2.10 bits per heavy atom. The minimum atomic E-state index is -0.349. The first-order valence-electron chi connectivity index (χ1n) is 9.44. The lowest BCUT2D eigenvalue weighted by Gasteiger charge is -2.17. The Kier molecular flexibility index (Phi) is 5.47. The fraction of sp³-hybridized carbons (Fsp3) is 0.125. The van der Waals surface area contributed by atoms with E-state index in [1.165, 1.54) is 0 Å². The van der Waals surface area contributed by atoms with Crippen LogP contribution in [0.15, 0.2) is 89.7 Å². The molecule has 0 fully saturated rings. The van der Waals surface area contributed by atoms with Gasteiger partial charge in [-0.1, -0.05) is 72.8 Å². The van der Waals surface area contributed by atoms with Gasteiger partial charge < -0.3 is 9.72 Å². The van der Waals surface area contributed by atoms with Crippen molar-refractivity contribution < 1.29 is 9.53 Å². The molecular weight excluding hydrogens is 364 g/mol. The van der Waals surface area contributed by atoms with Crippen molar-refractivity contribution in [2.75, 3.05) is 0 Å². The summed E-state index contributed by atoms with van der Waals surface area (Å²) in [7, 11) is 0. The molecule has 1 aromatic heterocycles. The molecule has 0 aliphatic heterocycles. The molecule has 5 nitrogen and oxygen atoms in total. The van der Waals surface area contributed by atoms with E-state index in [1.54, 1.807) is 18.2 Å². The summed E-state index contributed by atoms with van der Waals surface area (Å²) >= 11 is 0. The zero-order chi connectivity index (χ0) is 20.1. The molecular formula is C24H20N2O3. The van der Waals surface area contributed by atoms with Crippen LogP contribution in [-0.2, 0) is 16.1 Å². The Labute approximate surface area is 168 Å². The number of aromatic amines is 1. The van der Waals surface area contributed by atoms with Crippen LogP contribution in [0, 0.1) is 0 Å². The molecule has 144 valence electrons. The lowest BCUT2D eigenvalue weighted by Crippen LogP contribution is -2.16. The first kappa shape index (κ1) is 18.6. The number of aromatic nitrogens is 2. The zero-order valence-corrected chi connectivity index (χ0v) is 15.7. The Balaban J connectivity index is 1.50. The second-order valence-electron chi connectivity index (χ2n) is 6.77. The third kappa shape index (κ3) is 4.41. The highest BCUT2D eigenvalue weighted by atomic mass is 16.5. The topological polar surface area (TPSA) is 72.0 Å². The minimum absolute atomic E-state index is 0.0742. The van der Waals surface area contributed by atoms with Gasteiger partial charge in [0.15, 0.2) is 0 Å². The molecule has 0 saturated carbocycles.